The zero-order valence-corrected chi connectivity index (χ0v) is 9.86. The Kier molecular flexibility index (Phi) is 3.25. The maximum absolute atomic E-state index is 11.5. The predicted octanol–water partition coefficient (Wildman–Crippen LogP) is 1.49. The summed E-state index contributed by atoms with van der Waals surface area (Å²) >= 11 is 0. The van der Waals surface area contributed by atoms with Gasteiger partial charge in [-0.2, -0.15) is 0 Å². The van der Waals surface area contributed by atoms with Crippen molar-refractivity contribution in [2.45, 2.75) is 19.4 Å². The van der Waals surface area contributed by atoms with Gasteiger partial charge in [-0.25, -0.2) is 0 Å². The summed E-state index contributed by atoms with van der Waals surface area (Å²) in [7, 11) is 1.87. The lowest BCUT2D eigenvalue weighted by atomic mass is 10.0. The van der Waals surface area contributed by atoms with Crippen LogP contribution in [0.25, 0.3) is 0 Å². The highest BCUT2D eigenvalue weighted by atomic mass is 16.2. The lowest BCUT2D eigenvalue weighted by Gasteiger charge is -2.21. The lowest BCUT2D eigenvalue weighted by Crippen LogP contribution is -2.30. The van der Waals surface area contributed by atoms with Gasteiger partial charge in [0.05, 0.1) is 0 Å². The van der Waals surface area contributed by atoms with Crippen LogP contribution in [0, 0.1) is 6.92 Å². The molecule has 1 N–H and O–H groups in total. The number of amides is 1. The number of carbonyl (C=O) groups excluding carboxylic acids is 1. The molecule has 1 heterocycles. The van der Waals surface area contributed by atoms with Gasteiger partial charge in [-0.3, -0.25) is 4.79 Å². The van der Waals surface area contributed by atoms with Crippen molar-refractivity contribution in [3.63, 3.8) is 0 Å². The fourth-order valence-corrected chi connectivity index (χ4v) is 2.09. The first-order chi connectivity index (χ1) is 7.66. The molecule has 1 aromatic rings. The van der Waals surface area contributed by atoms with Gasteiger partial charge in [0.15, 0.2) is 0 Å². The number of nitrogens with zero attached hydrogens (tertiary/aromatic N) is 1. The second-order valence-electron chi connectivity index (χ2n) is 4.45. The third kappa shape index (κ3) is 2.42. The van der Waals surface area contributed by atoms with Gasteiger partial charge in [-0.05, 0) is 12.5 Å². The Hall–Kier alpha value is -1.35. The Bertz CT molecular complexity index is 389. The van der Waals surface area contributed by atoms with E-state index in [-0.39, 0.29) is 11.9 Å². The number of rotatable bonds is 1. The third-order valence-electron chi connectivity index (χ3n) is 3.06. The van der Waals surface area contributed by atoms with E-state index < -0.39 is 0 Å². The van der Waals surface area contributed by atoms with E-state index in [0.29, 0.717) is 6.42 Å². The van der Waals surface area contributed by atoms with Crippen LogP contribution < -0.4 is 5.32 Å². The van der Waals surface area contributed by atoms with Crippen molar-refractivity contribution in [3.05, 3.63) is 35.4 Å². The van der Waals surface area contributed by atoms with E-state index in [4.69, 9.17) is 0 Å². The van der Waals surface area contributed by atoms with Crippen molar-refractivity contribution in [2.24, 2.45) is 0 Å². The molecule has 2 rings (SSSR count). The van der Waals surface area contributed by atoms with Gasteiger partial charge in [0.1, 0.15) is 0 Å². The van der Waals surface area contributed by atoms with Crippen molar-refractivity contribution < 1.29 is 4.79 Å². The normalized spacial score (nSPS) is 22.0. The smallest absolute Gasteiger partial charge is 0.223 e. The Morgan fingerprint density at radius 1 is 1.44 bits per heavy atom. The number of carbonyl (C=O) groups is 1. The summed E-state index contributed by atoms with van der Waals surface area (Å²) in [4.78, 5) is 13.4. The highest BCUT2D eigenvalue weighted by Crippen LogP contribution is 2.17. The van der Waals surface area contributed by atoms with Crippen molar-refractivity contribution in [2.75, 3.05) is 20.1 Å². The molecule has 1 saturated heterocycles. The molecule has 0 saturated carbocycles. The second-order valence-corrected chi connectivity index (χ2v) is 4.45. The van der Waals surface area contributed by atoms with E-state index in [0.717, 1.165) is 13.1 Å². The topological polar surface area (TPSA) is 32.3 Å². The van der Waals surface area contributed by atoms with E-state index in [2.05, 4.69) is 36.5 Å². The van der Waals surface area contributed by atoms with Crippen LogP contribution >= 0.6 is 0 Å². The van der Waals surface area contributed by atoms with E-state index >= 15 is 0 Å². The largest absolute Gasteiger partial charge is 0.344 e. The van der Waals surface area contributed by atoms with E-state index in [1.807, 2.05) is 11.9 Å². The summed E-state index contributed by atoms with van der Waals surface area (Å²) in [6, 6.07) is 8.72. The highest BCUT2D eigenvalue weighted by molar-refractivity contribution is 5.76. The van der Waals surface area contributed by atoms with Crippen molar-refractivity contribution in [1.82, 2.24) is 10.2 Å². The average Bonchev–Trinajstić information content (AvgIpc) is 2.42. The number of aryl methyl sites for hydroxylation is 1. The van der Waals surface area contributed by atoms with Crippen LogP contribution in [0.15, 0.2) is 24.3 Å². The first kappa shape index (κ1) is 11.1. The molecule has 16 heavy (non-hydrogen) atoms. The fourth-order valence-electron chi connectivity index (χ4n) is 2.09. The molecule has 1 aliphatic rings. The van der Waals surface area contributed by atoms with Gasteiger partial charge in [-0.15, -0.1) is 0 Å². The van der Waals surface area contributed by atoms with Crippen LogP contribution in [0.3, 0.4) is 0 Å². The molecule has 3 nitrogen and oxygen atoms in total. The zero-order chi connectivity index (χ0) is 11.5. The summed E-state index contributed by atoms with van der Waals surface area (Å²) in [6.45, 7) is 3.61. The number of hydrogen-bond donors (Lipinski definition) is 1. The Labute approximate surface area is 96.5 Å². The van der Waals surface area contributed by atoms with Crippen molar-refractivity contribution >= 4 is 5.91 Å². The molecule has 1 amide bonds. The molecule has 86 valence electrons. The minimum atomic E-state index is 0.225. The molecule has 0 bridgehead atoms. The predicted molar refractivity (Wildman–Crippen MR) is 64.2 cm³/mol. The standard InChI is InChI=1S/C13H18N2O/c1-10-4-3-5-11(8-10)12-9-15(2)13(16)6-7-14-12/h3-5,8,12,14H,6-7,9H2,1-2H3. The lowest BCUT2D eigenvalue weighted by molar-refractivity contribution is -0.129. The van der Waals surface area contributed by atoms with Gasteiger partial charge in [-0.1, -0.05) is 29.8 Å². The van der Waals surface area contributed by atoms with Gasteiger partial charge in [0, 0.05) is 32.6 Å². The molecule has 0 radical (unpaired) electrons. The molecule has 0 spiro atoms. The molecular weight excluding hydrogens is 200 g/mol. The SMILES string of the molecule is Cc1cccc(C2CN(C)C(=O)CCN2)c1. The van der Waals surface area contributed by atoms with Crippen LogP contribution in [0.2, 0.25) is 0 Å². The number of benzene rings is 1. The van der Waals surface area contributed by atoms with E-state index in [1.165, 1.54) is 11.1 Å². The maximum atomic E-state index is 11.5. The minimum Gasteiger partial charge on any atom is -0.344 e. The van der Waals surface area contributed by atoms with Gasteiger partial charge < -0.3 is 10.2 Å². The second kappa shape index (κ2) is 4.66. The van der Waals surface area contributed by atoms with Crippen molar-refractivity contribution in [1.29, 1.82) is 0 Å². The average molecular weight is 218 g/mol. The molecule has 1 unspecified atom stereocenters. The Morgan fingerprint density at radius 3 is 3.00 bits per heavy atom. The monoisotopic (exact) mass is 218 g/mol. The van der Waals surface area contributed by atoms with E-state index in [1.54, 1.807) is 0 Å². The molecule has 1 atom stereocenters. The summed E-state index contributed by atoms with van der Waals surface area (Å²) < 4.78 is 0. The van der Waals surface area contributed by atoms with Gasteiger partial charge in [0.25, 0.3) is 0 Å². The first-order valence-corrected chi connectivity index (χ1v) is 5.71. The van der Waals surface area contributed by atoms with Crippen LogP contribution in [0.5, 0.6) is 0 Å². The van der Waals surface area contributed by atoms with E-state index in [9.17, 15) is 4.79 Å². The molecule has 0 aromatic heterocycles. The van der Waals surface area contributed by atoms with Crippen LogP contribution in [0.4, 0.5) is 0 Å². The van der Waals surface area contributed by atoms with Crippen LogP contribution in [0.1, 0.15) is 23.6 Å². The van der Waals surface area contributed by atoms with Crippen molar-refractivity contribution in [3.8, 4) is 0 Å². The van der Waals surface area contributed by atoms with Gasteiger partial charge in [0.2, 0.25) is 5.91 Å². The first-order valence-electron chi connectivity index (χ1n) is 5.71. The zero-order valence-electron chi connectivity index (χ0n) is 9.86. The molecule has 1 aliphatic heterocycles. The molecule has 1 fully saturated rings. The minimum absolute atomic E-state index is 0.225. The molecular formula is C13H18N2O. The third-order valence-corrected chi connectivity index (χ3v) is 3.06. The van der Waals surface area contributed by atoms with Gasteiger partial charge >= 0.3 is 0 Å². The number of likely N-dealkylation sites (N-methyl/N-ethyl adjacent to an activating group) is 1. The maximum Gasteiger partial charge on any atom is 0.223 e. The number of nitrogens with one attached hydrogen (secondary N) is 1. The number of hydrogen-bond acceptors (Lipinski definition) is 2. The summed E-state index contributed by atoms with van der Waals surface area (Å²) in [6.07, 6.45) is 0.596. The Morgan fingerprint density at radius 2 is 2.25 bits per heavy atom. The molecule has 1 aromatic carbocycles. The molecule has 0 aliphatic carbocycles. The fraction of sp³-hybridized carbons (Fsp3) is 0.462. The summed E-state index contributed by atoms with van der Waals surface area (Å²) in [5.74, 6) is 0.225. The highest BCUT2D eigenvalue weighted by Gasteiger charge is 2.20. The molecule has 3 heteroatoms. The Balaban J connectivity index is 2.17. The summed E-state index contributed by atoms with van der Waals surface area (Å²) in [5, 5.41) is 3.42. The van der Waals surface area contributed by atoms with Crippen LogP contribution in [-0.2, 0) is 4.79 Å². The van der Waals surface area contributed by atoms with Crippen LogP contribution in [-0.4, -0.2) is 30.9 Å². The summed E-state index contributed by atoms with van der Waals surface area (Å²) in [5.41, 5.74) is 2.53. The quantitative estimate of drug-likeness (QED) is 0.774.